The van der Waals surface area contributed by atoms with E-state index in [-0.39, 0.29) is 24.1 Å². The fourth-order valence-electron chi connectivity index (χ4n) is 3.11. The van der Waals surface area contributed by atoms with Crippen LogP contribution >= 0.6 is 15.9 Å². The van der Waals surface area contributed by atoms with Gasteiger partial charge in [0.05, 0.1) is 6.10 Å². The van der Waals surface area contributed by atoms with E-state index in [1.54, 1.807) is 24.2 Å². The second kappa shape index (κ2) is 8.78. The molecule has 24 heavy (non-hydrogen) atoms. The van der Waals surface area contributed by atoms with Crippen LogP contribution < -0.4 is 5.56 Å². The number of halogens is 1. The fourth-order valence-corrected chi connectivity index (χ4v) is 3.49. The van der Waals surface area contributed by atoms with Crippen molar-refractivity contribution in [3.63, 3.8) is 0 Å². The number of hydrogen-bond acceptors (Lipinski definition) is 4. The number of β-amino-alcohol motifs (C(OH)–C–C–N with tert-alkyl or cyclic N) is 1. The van der Waals surface area contributed by atoms with Crippen LogP contribution in [0.1, 0.15) is 19.8 Å². The first-order valence-corrected chi connectivity index (χ1v) is 9.15. The summed E-state index contributed by atoms with van der Waals surface area (Å²) in [5.41, 5.74) is -0.175. The molecule has 1 aromatic rings. The summed E-state index contributed by atoms with van der Waals surface area (Å²) in [7, 11) is 1.80. The topological polar surface area (TPSA) is 65.8 Å². The van der Waals surface area contributed by atoms with Crippen LogP contribution in [0, 0.1) is 5.92 Å². The molecule has 1 aromatic heterocycles. The number of amides is 1. The number of aromatic nitrogens is 1. The third kappa shape index (κ3) is 5.72. The Bertz CT molecular complexity index is 609. The zero-order valence-corrected chi connectivity index (χ0v) is 15.9. The molecule has 134 valence electrons. The number of likely N-dealkylation sites (N-methyl/N-ethyl adjacent to an activating group) is 1. The summed E-state index contributed by atoms with van der Waals surface area (Å²) in [4.78, 5) is 28.1. The standard InChI is InChI=1S/C17H26BrN3O3/c1-13(22)9-20-7-5-14(6-8-20)10-19(2)17(24)12-21-11-15(18)3-4-16(21)23/h3-4,11,13-14,22H,5-10,12H2,1-2H3/t13-/m0/s1. The van der Waals surface area contributed by atoms with Crippen LogP contribution in [0.15, 0.2) is 27.6 Å². The molecule has 7 heteroatoms. The highest BCUT2D eigenvalue weighted by Gasteiger charge is 2.22. The summed E-state index contributed by atoms with van der Waals surface area (Å²) in [5, 5.41) is 9.45. The number of likely N-dealkylation sites (tertiary alicyclic amines) is 1. The second-order valence-electron chi connectivity index (χ2n) is 6.68. The lowest BCUT2D eigenvalue weighted by atomic mass is 9.96. The summed E-state index contributed by atoms with van der Waals surface area (Å²) in [6.07, 6.45) is 3.40. The van der Waals surface area contributed by atoms with Crippen molar-refractivity contribution in [2.24, 2.45) is 5.92 Å². The minimum atomic E-state index is -0.297. The van der Waals surface area contributed by atoms with Crippen LogP contribution in [-0.2, 0) is 11.3 Å². The van der Waals surface area contributed by atoms with Crippen molar-refractivity contribution in [2.75, 3.05) is 33.2 Å². The average Bonchev–Trinajstić information content (AvgIpc) is 2.52. The predicted octanol–water partition coefficient (Wildman–Crippen LogP) is 1.16. The molecule has 6 nitrogen and oxygen atoms in total. The van der Waals surface area contributed by atoms with Gasteiger partial charge in [0, 0.05) is 36.9 Å². The zero-order valence-electron chi connectivity index (χ0n) is 14.3. The number of carbonyl (C=O) groups is 1. The SMILES string of the molecule is C[C@H](O)CN1CCC(CN(C)C(=O)Cn2cc(Br)ccc2=O)CC1. The Morgan fingerprint density at radius 3 is 2.71 bits per heavy atom. The number of hydrogen-bond donors (Lipinski definition) is 1. The molecule has 1 fully saturated rings. The normalized spacial score (nSPS) is 17.7. The highest BCUT2D eigenvalue weighted by atomic mass is 79.9. The van der Waals surface area contributed by atoms with Crippen LogP contribution in [-0.4, -0.2) is 64.7 Å². The molecule has 1 atom stereocenters. The predicted molar refractivity (Wildman–Crippen MR) is 96.9 cm³/mol. The third-order valence-corrected chi connectivity index (χ3v) is 4.91. The van der Waals surface area contributed by atoms with E-state index in [2.05, 4.69) is 20.8 Å². The van der Waals surface area contributed by atoms with Gasteiger partial charge in [0.25, 0.3) is 5.56 Å². The Labute approximate surface area is 151 Å². The molecule has 0 aromatic carbocycles. The van der Waals surface area contributed by atoms with Gasteiger partial charge >= 0.3 is 0 Å². The quantitative estimate of drug-likeness (QED) is 0.779. The van der Waals surface area contributed by atoms with Crippen molar-refractivity contribution < 1.29 is 9.90 Å². The number of rotatable bonds is 6. The van der Waals surface area contributed by atoms with Crippen LogP contribution in [0.5, 0.6) is 0 Å². The number of pyridine rings is 1. The molecule has 0 saturated carbocycles. The second-order valence-corrected chi connectivity index (χ2v) is 7.60. The van der Waals surface area contributed by atoms with E-state index >= 15 is 0 Å². The monoisotopic (exact) mass is 399 g/mol. The number of carbonyl (C=O) groups excluding carboxylic acids is 1. The van der Waals surface area contributed by atoms with Crippen LogP contribution in [0.4, 0.5) is 0 Å². The summed E-state index contributed by atoms with van der Waals surface area (Å²) in [6, 6.07) is 3.13. The Morgan fingerprint density at radius 1 is 1.42 bits per heavy atom. The lowest BCUT2D eigenvalue weighted by Crippen LogP contribution is -2.42. The van der Waals surface area contributed by atoms with E-state index < -0.39 is 0 Å². The molecule has 1 saturated heterocycles. The van der Waals surface area contributed by atoms with E-state index in [0.29, 0.717) is 19.0 Å². The fraction of sp³-hybridized carbons (Fsp3) is 0.647. The van der Waals surface area contributed by atoms with Gasteiger partial charge in [-0.3, -0.25) is 9.59 Å². The summed E-state index contributed by atoms with van der Waals surface area (Å²) < 4.78 is 2.21. The third-order valence-electron chi connectivity index (χ3n) is 4.44. The minimum absolute atomic E-state index is 0.0541. The van der Waals surface area contributed by atoms with E-state index in [9.17, 15) is 14.7 Å². The van der Waals surface area contributed by atoms with Gasteiger partial charge in [0.2, 0.25) is 5.91 Å². The molecule has 0 spiro atoms. The molecular formula is C17H26BrN3O3. The Hall–Kier alpha value is -1.18. The first-order chi connectivity index (χ1) is 11.3. The average molecular weight is 400 g/mol. The maximum absolute atomic E-state index is 12.4. The number of nitrogens with zero attached hydrogens (tertiary/aromatic N) is 3. The molecular weight excluding hydrogens is 374 g/mol. The molecule has 1 amide bonds. The smallest absolute Gasteiger partial charge is 0.251 e. The molecule has 0 bridgehead atoms. The molecule has 0 radical (unpaired) electrons. The molecule has 1 aliphatic heterocycles. The summed E-state index contributed by atoms with van der Waals surface area (Å²) >= 11 is 3.32. The number of piperidine rings is 1. The number of aliphatic hydroxyl groups is 1. The van der Waals surface area contributed by atoms with Crippen molar-refractivity contribution in [2.45, 2.75) is 32.4 Å². The highest BCUT2D eigenvalue weighted by Crippen LogP contribution is 2.18. The Balaban J connectivity index is 1.82. The molecule has 0 aliphatic carbocycles. The molecule has 1 aliphatic rings. The van der Waals surface area contributed by atoms with Gasteiger partial charge in [-0.15, -0.1) is 0 Å². The van der Waals surface area contributed by atoms with Gasteiger partial charge in [-0.05, 0) is 60.8 Å². The molecule has 1 N–H and O–H groups in total. The molecule has 0 unspecified atom stereocenters. The lowest BCUT2D eigenvalue weighted by Gasteiger charge is -2.34. The van der Waals surface area contributed by atoms with Crippen molar-refractivity contribution >= 4 is 21.8 Å². The molecule has 2 rings (SSSR count). The van der Waals surface area contributed by atoms with E-state index in [0.717, 1.165) is 30.4 Å². The van der Waals surface area contributed by atoms with Crippen LogP contribution in [0.25, 0.3) is 0 Å². The van der Waals surface area contributed by atoms with Crippen molar-refractivity contribution in [1.29, 1.82) is 0 Å². The minimum Gasteiger partial charge on any atom is -0.392 e. The maximum atomic E-state index is 12.4. The first-order valence-electron chi connectivity index (χ1n) is 8.35. The van der Waals surface area contributed by atoms with Gasteiger partial charge in [0.15, 0.2) is 0 Å². The van der Waals surface area contributed by atoms with Gasteiger partial charge in [-0.1, -0.05) is 0 Å². The number of aliphatic hydroxyl groups excluding tert-OH is 1. The van der Waals surface area contributed by atoms with E-state index in [4.69, 9.17) is 0 Å². The first kappa shape index (κ1) is 19.1. The summed E-state index contributed by atoms with van der Waals surface area (Å²) in [5.74, 6) is 0.421. The van der Waals surface area contributed by atoms with Gasteiger partial charge in [0.1, 0.15) is 6.54 Å². The Morgan fingerprint density at radius 2 is 2.08 bits per heavy atom. The van der Waals surface area contributed by atoms with Gasteiger partial charge in [-0.25, -0.2) is 0 Å². The van der Waals surface area contributed by atoms with Crippen molar-refractivity contribution in [3.05, 3.63) is 33.2 Å². The van der Waals surface area contributed by atoms with E-state index in [1.165, 1.54) is 10.6 Å². The Kier molecular flexibility index (Phi) is 7.01. The summed E-state index contributed by atoms with van der Waals surface area (Å²) in [6.45, 7) is 5.22. The maximum Gasteiger partial charge on any atom is 0.251 e. The van der Waals surface area contributed by atoms with Crippen molar-refractivity contribution in [1.82, 2.24) is 14.4 Å². The van der Waals surface area contributed by atoms with Gasteiger partial charge in [-0.2, -0.15) is 0 Å². The van der Waals surface area contributed by atoms with Crippen molar-refractivity contribution in [3.8, 4) is 0 Å². The lowest BCUT2D eigenvalue weighted by molar-refractivity contribution is -0.131. The van der Waals surface area contributed by atoms with Crippen LogP contribution in [0.2, 0.25) is 0 Å². The molecule has 2 heterocycles. The largest absolute Gasteiger partial charge is 0.392 e. The van der Waals surface area contributed by atoms with Gasteiger partial charge < -0.3 is 19.5 Å². The zero-order chi connectivity index (χ0) is 17.7. The van der Waals surface area contributed by atoms with Crippen LogP contribution in [0.3, 0.4) is 0 Å². The van der Waals surface area contributed by atoms with E-state index in [1.807, 2.05) is 6.92 Å². The highest BCUT2D eigenvalue weighted by molar-refractivity contribution is 9.10.